The normalized spacial score (nSPS) is 8.44. The van der Waals surface area contributed by atoms with E-state index in [1.54, 1.807) is 12.1 Å². The summed E-state index contributed by atoms with van der Waals surface area (Å²) in [5, 5.41) is 8.25. The molecular formula is C6H4IN2+. The third-order valence-corrected chi connectivity index (χ3v) is 1.66. The van der Waals surface area contributed by atoms with Crippen molar-refractivity contribution >= 4 is 28.3 Å². The maximum absolute atomic E-state index is 8.25. The molecule has 2 nitrogen and oxygen atoms in total. The molecule has 0 radical (unpaired) electrons. The first-order valence-corrected chi connectivity index (χ1v) is 3.51. The van der Waals surface area contributed by atoms with E-state index in [0.29, 0.717) is 5.69 Å². The van der Waals surface area contributed by atoms with Gasteiger partial charge in [0.25, 0.3) is 0 Å². The number of hydrogen-bond acceptors (Lipinski definition) is 1. The molecule has 0 heterocycles. The van der Waals surface area contributed by atoms with Gasteiger partial charge in [-0.15, -0.1) is 0 Å². The SMILES string of the molecule is N#[N+]c1ccc([123I])cc1. The van der Waals surface area contributed by atoms with Crippen molar-refractivity contribution in [1.82, 2.24) is 0 Å². The lowest BCUT2D eigenvalue weighted by Crippen LogP contribution is -1.64. The van der Waals surface area contributed by atoms with E-state index in [4.69, 9.17) is 5.39 Å². The summed E-state index contributed by atoms with van der Waals surface area (Å²) in [6.07, 6.45) is 0. The first kappa shape index (κ1) is 6.49. The summed E-state index contributed by atoms with van der Waals surface area (Å²) < 4.78 is 1.14. The van der Waals surface area contributed by atoms with Crippen LogP contribution in [0.25, 0.3) is 4.98 Å². The van der Waals surface area contributed by atoms with Crippen LogP contribution in [0, 0.1) is 8.96 Å². The van der Waals surface area contributed by atoms with Crippen molar-refractivity contribution in [3.63, 3.8) is 0 Å². The van der Waals surface area contributed by atoms with Gasteiger partial charge < -0.3 is 0 Å². The molecule has 1 aromatic carbocycles. The molecule has 9 heavy (non-hydrogen) atoms. The Morgan fingerprint density at radius 2 is 1.78 bits per heavy atom. The zero-order chi connectivity index (χ0) is 6.69. The highest BCUT2D eigenvalue weighted by molar-refractivity contribution is 14.1. The summed E-state index contributed by atoms with van der Waals surface area (Å²) in [4.78, 5) is 3.01. The molecule has 0 aliphatic carbocycles. The molecular weight excluding hydrogens is 223 g/mol. The van der Waals surface area contributed by atoms with Gasteiger partial charge in [-0.05, 0) is 34.7 Å². The maximum Gasteiger partial charge on any atom is 0.385 e. The predicted molar refractivity (Wildman–Crippen MR) is 43.9 cm³/mol. The van der Waals surface area contributed by atoms with Crippen LogP contribution >= 0.6 is 22.6 Å². The van der Waals surface area contributed by atoms with Crippen molar-refractivity contribution in [3.8, 4) is 0 Å². The fourth-order valence-electron chi connectivity index (χ4n) is 0.508. The Hall–Kier alpha value is -0.630. The summed E-state index contributed by atoms with van der Waals surface area (Å²) in [6, 6.07) is 7.27. The summed E-state index contributed by atoms with van der Waals surface area (Å²) in [5.74, 6) is 0. The van der Waals surface area contributed by atoms with E-state index in [1.807, 2.05) is 12.1 Å². The monoisotopic (exact) mass is 227 g/mol. The molecule has 0 saturated carbocycles. The second kappa shape index (κ2) is 2.78. The van der Waals surface area contributed by atoms with Crippen LogP contribution in [0.3, 0.4) is 0 Å². The lowest BCUT2D eigenvalue weighted by Gasteiger charge is -1.79. The van der Waals surface area contributed by atoms with Gasteiger partial charge in [-0.25, -0.2) is 0 Å². The van der Waals surface area contributed by atoms with E-state index >= 15 is 0 Å². The van der Waals surface area contributed by atoms with Crippen LogP contribution in [0.15, 0.2) is 24.3 Å². The highest BCUT2D eigenvalue weighted by Crippen LogP contribution is 2.13. The van der Waals surface area contributed by atoms with Gasteiger partial charge in [-0.1, -0.05) is 0 Å². The molecule has 0 aromatic heterocycles. The Labute approximate surface area is 66.7 Å². The third kappa shape index (κ3) is 1.64. The van der Waals surface area contributed by atoms with Crippen molar-refractivity contribution < 1.29 is 0 Å². The topological polar surface area (TPSA) is 28.1 Å². The van der Waals surface area contributed by atoms with E-state index in [1.165, 1.54) is 0 Å². The lowest BCUT2D eigenvalue weighted by molar-refractivity contribution is 1.46. The number of halogens is 1. The molecule has 1 aromatic rings. The maximum atomic E-state index is 8.25. The lowest BCUT2D eigenvalue weighted by atomic mass is 10.3. The summed E-state index contributed by atoms with van der Waals surface area (Å²) in [6.45, 7) is 0. The third-order valence-electron chi connectivity index (χ3n) is 0.942. The van der Waals surface area contributed by atoms with Gasteiger partial charge in [0.2, 0.25) is 5.39 Å². The molecule has 1 rings (SSSR count). The van der Waals surface area contributed by atoms with Gasteiger partial charge in [0.15, 0.2) is 4.98 Å². The molecule has 0 fully saturated rings. The zero-order valence-corrected chi connectivity index (χ0v) is 6.74. The molecule has 0 saturated heterocycles. The van der Waals surface area contributed by atoms with Crippen LogP contribution in [-0.4, -0.2) is 0 Å². The number of benzene rings is 1. The van der Waals surface area contributed by atoms with Crippen LogP contribution in [-0.2, 0) is 0 Å². The van der Waals surface area contributed by atoms with Crippen LogP contribution < -0.4 is 0 Å². The molecule has 0 amide bonds. The number of nitrogens with zero attached hydrogens (tertiary/aromatic N) is 2. The molecule has 44 valence electrons. The largest absolute Gasteiger partial charge is 0.385 e. The second-order valence-electron chi connectivity index (χ2n) is 1.58. The molecule has 0 N–H and O–H groups in total. The number of diazo groups is 1. The molecule has 0 spiro atoms. The minimum atomic E-state index is 0.593. The summed E-state index contributed by atoms with van der Waals surface area (Å²) in [7, 11) is 0. The Morgan fingerprint density at radius 3 is 2.22 bits per heavy atom. The quantitative estimate of drug-likeness (QED) is 0.494. The minimum absolute atomic E-state index is 0.593. The highest BCUT2D eigenvalue weighted by atomic mass is 123. The Bertz CT molecular complexity index is 234. The molecule has 0 unspecified atom stereocenters. The standard InChI is InChI=1S/C6H4IN2/c7-5-1-3-6(9-8)4-2-5/h1-4H/q+1/i7-4. The van der Waals surface area contributed by atoms with E-state index in [-0.39, 0.29) is 0 Å². The highest BCUT2D eigenvalue weighted by Gasteiger charge is 1.99. The van der Waals surface area contributed by atoms with Crippen LogP contribution in [0.5, 0.6) is 0 Å². The van der Waals surface area contributed by atoms with Gasteiger partial charge in [0, 0.05) is 15.7 Å². The van der Waals surface area contributed by atoms with Gasteiger partial charge >= 0.3 is 5.69 Å². The first-order chi connectivity index (χ1) is 4.33. The number of hydrogen-bond donors (Lipinski definition) is 0. The van der Waals surface area contributed by atoms with E-state index in [0.717, 1.165) is 3.57 Å². The Kier molecular flexibility index (Phi) is 2.01. The average molecular weight is 227 g/mol. The summed E-state index contributed by atoms with van der Waals surface area (Å²) in [5.41, 5.74) is 0.593. The smallest absolute Gasteiger partial charge is 0.0443 e. The summed E-state index contributed by atoms with van der Waals surface area (Å²) >= 11 is 2.19. The van der Waals surface area contributed by atoms with Crippen LogP contribution in [0.1, 0.15) is 0 Å². The van der Waals surface area contributed by atoms with E-state index < -0.39 is 0 Å². The Balaban J connectivity index is 3.06. The predicted octanol–water partition coefficient (Wildman–Crippen LogP) is 2.78. The van der Waals surface area contributed by atoms with Gasteiger partial charge in [0.1, 0.15) is 0 Å². The Morgan fingerprint density at radius 1 is 1.22 bits per heavy atom. The van der Waals surface area contributed by atoms with Crippen molar-refractivity contribution in [3.05, 3.63) is 32.8 Å². The van der Waals surface area contributed by atoms with E-state index in [9.17, 15) is 0 Å². The van der Waals surface area contributed by atoms with Crippen molar-refractivity contribution in [2.24, 2.45) is 0 Å². The fourth-order valence-corrected chi connectivity index (χ4v) is 0.867. The fraction of sp³-hybridized carbons (Fsp3) is 0. The second-order valence-corrected chi connectivity index (χ2v) is 2.82. The van der Waals surface area contributed by atoms with Crippen LogP contribution in [0.2, 0.25) is 0 Å². The molecule has 0 bridgehead atoms. The van der Waals surface area contributed by atoms with Gasteiger partial charge in [-0.3, -0.25) is 0 Å². The molecule has 0 aliphatic heterocycles. The number of rotatable bonds is 0. The van der Waals surface area contributed by atoms with Crippen molar-refractivity contribution in [2.75, 3.05) is 0 Å². The average Bonchev–Trinajstić information content (AvgIpc) is 1.90. The van der Waals surface area contributed by atoms with Gasteiger partial charge in [-0.2, -0.15) is 0 Å². The minimum Gasteiger partial charge on any atom is -0.0443 e. The van der Waals surface area contributed by atoms with E-state index in [2.05, 4.69) is 27.6 Å². The van der Waals surface area contributed by atoms with Crippen molar-refractivity contribution in [2.45, 2.75) is 0 Å². The molecule has 3 heteroatoms. The molecule has 0 atom stereocenters. The van der Waals surface area contributed by atoms with Gasteiger partial charge in [0.05, 0.1) is 0 Å². The zero-order valence-electron chi connectivity index (χ0n) is 4.58. The molecule has 0 aliphatic rings. The van der Waals surface area contributed by atoms with Crippen LogP contribution in [0.4, 0.5) is 5.69 Å². The van der Waals surface area contributed by atoms with Crippen molar-refractivity contribution in [1.29, 1.82) is 5.39 Å². The first-order valence-electron chi connectivity index (χ1n) is 2.43.